The molecule has 2 saturated heterocycles. The molecule has 2 N–H and O–H groups in total. The largest absolute Gasteiger partial charge is 0.354 e. The van der Waals surface area contributed by atoms with Gasteiger partial charge in [-0.3, -0.25) is 19.3 Å². The summed E-state index contributed by atoms with van der Waals surface area (Å²) in [6.45, 7) is 4.57. The average Bonchev–Trinajstić information content (AvgIpc) is 2.58. The monoisotopic (exact) mass is 296 g/mol. The fourth-order valence-electron chi connectivity index (χ4n) is 2.40. The molecule has 2 heterocycles. The topological polar surface area (TPSA) is 98.8 Å². The molecule has 0 aliphatic carbocycles. The van der Waals surface area contributed by atoms with Crippen molar-refractivity contribution < 1.29 is 19.2 Å². The standard InChI is InChI=1S/C13H20N4O4/c1-13(2)11(20)17(12(21)15-13)7-4-10(19)16-6-3-9(18)14-5-8-16/h3-8H2,1-2H3,(H,14,18)(H,15,21). The van der Waals surface area contributed by atoms with E-state index in [-0.39, 0.29) is 37.1 Å². The molecule has 21 heavy (non-hydrogen) atoms. The lowest BCUT2D eigenvalue weighted by atomic mass is 10.1. The second kappa shape index (κ2) is 5.71. The van der Waals surface area contributed by atoms with Crippen LogP contribution in [0.25, 0.3) is 0 Å². The summed E-state index contributed by atoms with van der Waals surface area (Å²) in [5.74, 6) is -0.550. The molecule has 8 heteroatoms. The molecule has 0 spiro atoms. The van der Waals surface area contributed by atoms with Gasteiger partial charge in [0.05, 0.1) is 0 Å². The molecule has 8 nitrogen and oxygen atoms in total. The molecule has 2 fully saturated rings. The Bertz CT molecular complexity index is 489. The molecule has 2 aliphatic rings. The van der Waals surface area contributed by atoms with Crippen LogP contribution in [-0.2, 0) is 14.4 Å². The Kier molecular flexibility index (Phi) is 4.15. The summed E-state index contributed by atoms with van der Waals surface area (Å²) in [5.41, 5.74) is -0.918. The van der Waals surface area contributed by atoms with E-state index in [0.29, 0.717) is 19.6 Å². The van der Waals surface area contributed by atoms with Gasteiger partial charge in [0, 0.05) is 39.0 Å². The number of carbonyl (C=O) groups is 4. The smallest absolute Gasteiger partial charge is 0.325 e. The Morgan fingerprint density at radius 2 is 1.95 bits per heavy atom. The zero-order chi connectivity index (χ0) is 15.6. The molecule has 0 unspecified atom stereocenters. The van der Waals surface area contributed by atoms with Gasteiger partial charge in [0.1, 0.15) is 5.54 Å². The summed E-state index contributed by atoms with van der Waals surface area (Å²) in [5, 5.41) is 5.26. The highest BCUT2D eigenvalue weighted by molar-refractivity contribution is 6.06. The molecule has 0 atom stereocenters. The second-order valence-corrected chi connectivity index (χ2v) is 5.74. The van der Waals surface area contributed by atoms with Crippen LogP contribution in [0.3, 0.4) is 0 Å². The molecule has 116 valence electrons. The van der Waals surface area contributed by atoms with E-state index in [1.54, 1.807) is 18.7 Å². The summed E-state index contributed by atoms with van der Waals surface area (Å²) in [4.78, 5) is 49.7. The van der Waals surface area contributed by atoms with Crippen molar-refractivity contribution >= 4 is 23.8 Å². The van der Waals surface area contributed by atoms with E-state index in [2.05, 4.69) is 10.6 Å². The van der Waals surface area contributed by atoms with Gasteiger partial charge in [0.25, 0.3) is 5.91 Å². The van der Waals surface area contributed by atoms with E-state index in [4.69, 9.17) is 0 Å². The van der Waals surface area contributed by atoms with E-state index in [1.165, 1.54) is 0 Å². The summed E-state index contributed by atoms with van der Waals surface area (Å²) in [6.07, 6.45) is 0.353. The van der Waals surface area contributed by atoms with Crippen LogP contribution in [-0.4, -0.2) is 65.3 Å². The van der Waals surface area contributed by atoms with Gasteiger partial charge in [-0.2, -0.15) is 0 Å². The number of rotatable bonds is 3. The molecule has 0 aromatic heterocycles. The van der Waals surface area contributed by atoms with Crippen molar-refractivity contribution in [3.8, 4) is 0 Å². The Morgan fingerprint density at radius 3 is 2.57 bits per heavy atom. The van der Waals surface area contributed by atoms with Gasteiger partial charge < -0.3 is 15.5 Å². The highest BCUT2D eigenvalue weighted by atomic mass is 16.2. The van der Waals surface area contributed by atoms with Crippen molar-refractivity contribution in [1.82, 2.24) is 20.4 Å². The number of urea groups is 1. The Labute approximate surface area is 122 Å². The van der Waals surface area contributed by atoms with E-state index >= 15 is 0 Å². The van der Waals surface area contributed by atoms with Gasteiger partial charge >= 0.3 is 6.03 Å². The minimum atomic E-state index is -0.918. The van der Waals surface area contributed by atoms with E-state index < -0.39 is 11.6 Å². The van der Waals surface area contributed by atoms with Crippen LogP contribution in [0.15, 0.2) is 0 Å². The molecule has 0 saturated carbocycles. The van der Waals surface area contributed by atoms with Crippen LogP contribution in [0, 0.1) is 0 Å². The number of amides is 5. The first kappa shape index (κ1) is 15.3. The molecular weight excluding hydrogens is 276 g/mol. The zero-order valence-electron chi connectivity index (χ0n) is 12.3. The van der Waals surface area contributed by atoms with Crippen molar-refractivity contribution in [3.63, 3.8) is 0 Å². The maximum absolute atomic E-state index is 12.1. The fourth-order valence-corrected chi connectivity index (χ4v) is 2.40. The Hall–Kier alpha value is -2.12. The van der Waals surface area contributed by atoms with Crippen LogP contribution in [0.4, 0.5) is 4.79 Å². The van der Waals surface area contributed by atoms with Crippen LogP contribution in [0.5, 0.6) is 0 Å². The van der Waals surface area contributed by atoms with Crippen molar-refractivity contribution in [1.29, 1.82) is 0 Å². The van der Waals surface area contributed by atoms with E-state index in [9.17, 15) is 19.2 Å². The van der Waals surface area contributed by atoms with E-state index in [0.717, 1.165) is 4.90 Å². The Morgan fingerprint density at radius 1 is 1.24 bits per heavy atom. The second-order valence-electron chi connectivity index (χ2n) is 5.74. The van der Waals surface area contributed by atoms with Crippen molar-refractivity contribution in [3.05, 3.63) is 0 Å². The van der Waals surface area contributed by atoms with Crippen molar-refractivity contribution in [2.24, 2.45) is 0 Å². The maximum atomic E-state index is 12.1. The first-order valence-corrected chi connectivity index (χ1v) is 7.00. The number of imide groups is 1. The normalized spacial score (nSPS) is 21.9. The van der Waals surface area contributed by atoms with Crippen LogP contribution >= 0.6 is 0 Å². The first-order valence-electron chi connectivity index (χ1n) is 7.00. The average molecular weight is 296 g/mol. The third-order valence-corrected chi connectivity index (χ3v) is 3.66. The number of nitrogens with one attached hydrogen (secondary N) is 2. The van der Waals surface area contributed by atoms with Gasteiger partial charge in [-0.15, -0.1) is 0 Å². The maximum Gasteiger partial charge on any atom is 0.325 e. The minimum Gasteiger partial charge on any atom is -0.354 e. The number of hydrogen-bond acceptors (Lipinski definition) is 4. The lowest BCUT2D eigenvalue weighted by Gasteiger charge is -2.21. The summed E-state index contributed by atoms with van der Waals surface area (Å²) in [7, 11) is 0. The third-order valence-electron chi connectivity index (χ3n) is 3.66. The minimum absolute atomic E-state index is 0.0603. The molecule has 0 aromatic rings. The molecule has 0 aromatic carbocycles. The van der Waals surface area contributed by atoms with Gasteiger partial charge in [0.15, 0.2) is 0 Å². The van der Waals surface area contributed by atoms with Crippen molar-refractivity contribution in [2.45, 2.75) is 32.2 Å². The first-order chi connectivity index (χ1) is 9.81. The predicted molar refractivity (Wildman–Crippen MR) is 73.1 cm³/mol. The molecular formula is C13H20N4O4. The fraction of sp³-hybridized carbons (Fsp3) is 0.692. The zero-order valence-corrected chi connectivity index (χ0v) is 12.3. The van der Waals surface area contributed by atoms with Gasteiger partial charge in [-0.05, 0) is 13.8 Å². The van der Waals surface area contributed by atoms with Gasteiger partial charge in [0.2, 0.25) is 11.8 Å². The number of nitrogens with zero attached hydrogens (tertiary/aromatic N) is 2. The van der Waals surface area contributed by atoms with Crippen LogP contribution in [0.1, 0.15) is 26.7 Å². The van der Waals surface area contributed by atoms with Crippen LogP contribution < -0.4 is 10.6 Å². The summed E-state index contributed by atoms with van der Waals surface area (Å²) >= 11 is 0. The molecule has 5 amide bonds. The van der Waals surface area contributed by atoms with Crippen molar-refractivity contribution in [2.75, 3.05) is 26.2 Å². The Balaban J connectivity index is 1.88. The number of hydrogen-bond donors (Lipinski definition) is 2. The van der Waals surface area contributed by atoms with Crippen LogP contribution in [0.2, 0.25) is 0 Å². The summed E-state index contributed by atoms with van der Waals surface area (Å²) < 4.78 is 0. The van der Waals surface area contributed by atoms with E-state index in [1.807, 2.05) is 0 Å². The highest BCUT2D eigenvalue weighted by Gasteiger charge is 2.44. The lowest BCUT2D eigenvalue weighted by Crippen LogP contribution is -2.41. The molecule has 0 radical (unpaired) electrons. The van der Waals surface area contributed by atoms with Gasteiger partial charge in [-0.1, -0.05) is 0 Å². The molecule has 2 aliphatic heterocycles. The lowest BCUT2D eigenvalue weighted by molar-refractivity contribution is -0.133. The molecule has 2 rings (SSSR count). The summed E-state index contributed by atoms with van der Waals surface area (Å²) in [6, 6.07) is -0.467. The third kappa shape index (κ3) is 3.32. The van der Waals surface area contributed by atoms with Gasteiger partial charge in [-0.25, -0.2) is 4.79 Å². The predicted octanol–water partition coefficient (Wildman–Crippen LogP) is -0.945. The quantitative estimate of drug-likeness (QED) is 0.656. The number of carbonyl (C=O) groups excluding carboxylic acids is 4. The highest BCUT2D eigenvalue weighted by Crippen LogP contribution is 2.17. The molecule has 0 bridgehead atoms. The SMILES string of the molecule is CC1(C)NC(=O)N(CCC(=O)N2CCNC(=O)CC2)C1=O.